The summed E-state index contributed by atoms with van der Waals surface area (Å²) < 4.78 is 9.91. The Hall–Kier alpha value is -0.398. The molecule has 1 aromatic rings. The van der Waals surface area contributed by atoms with E-state index in [1.807, 2.05) is 0 Å². The van der Waals surface area contributed by atoms with Gasteiger partial charge in [-0.3, -0.25) is 0 Å². The van der Waals surface area contributed by atoms with Crippen molar-refractivity contribution in [1.29, 1.82) is 0 Å². The Kier molecular flexibility index (Phi) is 9.59. The summed E-state index contributed by atoms with van der Waals surface area (Å²) >= 11 is 0. The van der Waals surface area contributed by atoms with E-state index in [9.17, 15) is 10.1 Å². The molecule has 1 heterocycles. The third kappa shape index (κ3) is 8.66. The first-order chi connectivity index (χ1) is 7.66. The van der Waals surface area contributed by atoms with Crippen LogP contribution in [-0.2, 0) is 11.1 Å². The van der Waals surface area contributed by atoms with Crippen molar-refractivity contribution in [2.75, 3.05) is 6.61 Å². The second-order valence-electron chi connectivity index (χ2n) is 2.74. The van der Waals surface area contributed by atoms with Crippen LogP contribution in [0.2, 0.25) is 0 Å². The zero-order chi connectivity index (χ0) is 13.6. The van der Waals surface area contributed by atoms with Gasteiger partial charge in [-0.1, -0.05) is 0 Å². The monoisotopic (exact) mass is 474 g/mol. The van der Waals surface area contributed by atoms with Crippen LogP contribution in [-0.4, -0.2) is 53.5 Å². The number of aryl methyl sites for hydroxylation is 1. The maximum absolute atomic E-state index is 10.4. The second-order valence-corrected chi connectivity index (χ2v) is 3.64. The smallest absolute Gasteiger partial charge is 0.342 e. The van der Waals surface area contributed by atoms with Gasteiger partial charge in [-0.25, -0.2) is 9.55 Å². The predicted molar refractivity (Wildman–Crippen MR) is 54.1 cm³/mol. The molecule has 0 aliphatic heterocycles. The van der Waals surface area contributed by atoms with Crippen LogP contribution in [0.25, 0.3) is 0 Å². The summed E-state index contributed by atoms with van der Waals surface area (Å²) in [7, 11) is -5.39. The molecule has 0 bridgehead atoms. The zero-order valence-corrected chi connectivity index (χ0v) is 14.0. The van der Waals surface area contributed by atoms with Gasteiger partial charge in [0.25, 0.3) is 0 Å². The molecule has 102 valence electrons. The predicted octanol–water partition coefficient (Wildman–Crippen LogP) is -3.11. The Morgan fingerprint density at radius 3 is 2.28 bits per heavy atom. The van der Waals surface area contributed by atoms with Crippen molar-refractivity contribution < 1.29 is 29.3 Å². The fourth-order valence-electron chi connectivity index (χ4n) is 0.978. The van der Waals surface area contributed by atoms with Crippen LogP contribution in [0.4, 0.5) is 5.82 Å². The number of nitrogens with zero attached hydrogens (tertiary/aromatic N) is 3. The first-order valence-corrected chi connectivity index (χ1v) is 5.63. The Labute approximate surface area is 122 Å². The van der Waals surface area contributed by atoms with E-state index >= 15 is 0 Å². The minimum atomic E-state index is -5.39. The minimum Gasteiger partial charge on any atom is -0.822 e. The van der Waals surface area contributed by atoms with E-state index in [1.165, 1.54) is 10.8 Å². The van der Waals surface area contributed by atoms with E-state index in [-0.39, 0.29) is 46.3 Å². The molecule has 0 saturated heterocycles. The third-order valence-electron chi connectivity index (χ3n) is 1.54. The number of rotatable bonds is 3. The first-order valence-electron chi connectivity index (χ1n) is 4.17. The number of aromatic nitrogens is 2. The van der Waals surface area contributed by atoms with E-state index in [2.05, 4.69) is 4.98 Å². The number of hydrogen-bond acceptors (Lipinski definition) is 8. The maximum Gasteiger partial charge on any atom is 0.342 e. The van der Waals surface area contributed by atoms with E-state index in [0.29, 0.717) is 5.82 Å². The summed E-state index contributed by atoms with van der Waals surface area (Å²) in [5.41, 5.74) is 0. The fraction of sp³-hybridized carbons (Fsp3) is 0.500. The van der Waals surface area contributed by atoms with E-state index < -0.39 is 12.7 Å². The van der Waals surface area contributed by atoms with E-state index in [4.69, 9.17) is 24.4 Å². The van der Waals surface area contributed by atoms with Gasteiger partial charge in [0.15, 0.2) is 5.82 Å². The van der Waals surface area contributed by atoms with Crippen molar-refractivity contribution in [3.05, 3.63) is 22.1 Å². The topological polar surface area (TPSA) is 167 Å². The molecular weight excluding hydrogens is 464 g/mol. The average Bonchev–Trinajstić information content (AvgIpc) is 2.46. The van der Waals surface area contributed by atoms with Crippen molar-refractivity contribution >= 4 is 40.9 Å². The summed E-state index contributed by atoms with van der Waals surface area (Å²) in [6.45, 7) is 1.74. The van der Waals surface area contributed by atoms with Gasteiger partial charge in [0.2, 0.25) is 0 Å². The molecule has 0 spiro atoms. The molecule has 0 aromatic carbocycles. The number of phosphoric acid groups is 1. The largest absolute Gasteiger partial charge is 0.822 e. The normalized spacial score (nSPS) is 10.1. The molecular formula is C6H9N3O7PPb-3. The van der Waals surface area contributed by atoms with Crippen molar-refractivity contribution in [3.63, 3.8) is 0 Å². The second kappa shape index (κ2) is 8.66. The first kappa shape index (κ1) is 19.9. The summed E-state index contributed by atoms with van der Waals surface area (Å²) in [4.78, 5) is 39.3. The van der Waals surface area contributed by atoms with Crippen LogP contribution < -0.4 is 14.7 Å². The fourth-order valence-corrected chi connectivity index (χ4v) is 0.978. The van der Waals surface area contributed by atoms with Gasteiger partial charge in [-0.15, -0.1) is 0 Å². The molecule has 0 amide bonds. The summed E-state index contributed by atoms with van der Waals surface area (Å²) in [5, 5.41) is 19.0. The average molecular weight is 473 g/mol. The van der Waals surface area contributed by atoms with Gasteiger partial charge in [-0.05, 0) is 4.92 Å². The Balaban J connectivity index is 0. The standard InChI is InChI=1S/C6H9N3O3.H3O4P.Pb/c1-5-7-4-6(9(11)12)8(5)2-3-10;1-5(2,3)4;/h4,10H,2-3H2,1H3;(H3,1,2,3,4);/p-3. The van der Waals surface area contributed by atoms with Crippen LogP contribution >= 0.6 is 7.82 Å². The summed E-state index contributed by atoms with van der Waals surface area (Å²) in [6.07, 6.45) is 1.19. The number of aliphatic hydroxyl groups excluding tert-OH is 1. The van der Waals surface area contributed by atoms with Gasteiger partial charge >= 0.3 is 5.82 Å². The van der Waals surface area contributed by atoms with Gasteiger partial charge < -0.3 is 34.5 Å². The number of nitro groups is 1. The molecule has 12 heteroatoms. The van der Waals surface area contributed by atoms with Gasteiger partial charge in [0, 0.05) is 34.2 Å². The molecule has 0 aliphatic carbocycles. The maximum atomic E-state index is 10.4. The molecule has 0 saturated carbocycles. The molecule has 0 atom stereocenters. The van der Waals surface area contributed by atoms with Gasteiger partial charge in [0.05, 0.1) is 6.61 Å². The molecule has 1 rings (SSSR count). The minimum absolute atomic E-state index is 0. The van der Waals surface area contributed by atoms with Crippen LogP contribution in [0, 0.1) is 17.0 Å². The molecule has 18 heavy (non-hydrogen) atoms. The number of aliphatic hydroxyl groups is 1. The molecule has 1 N–H and O–H groups in total. The van der Waals surface area contributed by atoms with E-state index in [0.717, 1.165) is 0 Å². The molecule has 4 radical (unpaired) electrons. The van der Waals surface area contributed by atoms with Gasteiger partial charge in [0.1, 0.15) is 12.7 Å². The van der Waals surface area contributed by atoms with Crippen molar-refractivity contribution in [3.8, 4) is 0 Å². The molecule has 1 aromatic heterocycles. The van der Waals surface area contributed by atoms with E-state index in [1.54, 1.807) is 6.92 Å². The quantitative estimate of drug-likeness (QED) is 0.208. The number of imidazole rings is 1. The summed E-state index contributed by atoms with van der Waals surface area (Å²) in [5.74, 6) is 0.456. The van der Waals surface area contributed by atoms with Gasteiger partial charge in [-0.2, -0.15) is 7.82 Å². The molecule has 0 fully saturated rings. The zero-order valence-electron chi connectivity index (χ0n) is 9.18. The van der Waals surface area contributed by atoms with Crippen LogP contribution in [0.3, 0.4) is 0 Å². The third-order valence-corrected chi connectivity index (χ3v) is 1.54. The molecule has 0 aliphatic rings. The van der Waals surface area contributed by atoms with Crippen LogP contribution in [0.1, 0.15) is 5.82 Å². The van der Waals surface area contributed by atoms with Crippen molar-refractivity contribution in [1.82, 2.24) is 9.55 Å². The van der Waals surface area contributed by atoms with Crippen LogP contribution in [0.5, 0.6) is 0 Å². The molecule has 10 nitrogen and oxygen atoms in total. The SMILES string of the molecule is Cc1ncc([N+](=O)[O-])n1CCO.O=P([O-])([O-])[O-].[Pb]. The Morgan fingerprint density at radius 2 is 1.94 bits per heavy atom. The van der Waals surface area contributed by atoms with Crippen LogP contribution in [0.15, 0.2) is 6.20 Å². The Morgan fingerprint density at radius 1 is 1.50 bits per heavy atom. The van der Waals surface area contributed by atoms with Crippen molar-refractivity contribution in [2.24, 2.45) is 0 Å². The summed E-state index contributed by atoms with van der Waals surface area (Å²) in [6, 6.07) is 0. The molecule has 0 unspecified atom stereocenters. The number of hydrogen-bond donors (Lipinski definition) is 1. The Bertz CT molecular complexity index is 423. The van der Waals surface area contributed by atoms with Crippen molar-refractivity contribution in [2.45, 2.75) is 13.5 Å².